The Labute approximate surface area is 154 Å². The molecule has 0 radical (unpaired) electrons. The number of rotatable bonds is 4. The molecule has 0 unspecified atom stereocenters. The number of nitrogens with zero attached hydrogens (tertiary/aromatic N) is 7. The number of hydrogen-bond acceptors (Lipinski definition) is 6. The van der Waals surface area contributed by atoms with Gasteiger partial charge in [-0.25, -0.2) is 9.37 Å². The third-order valence-electron chi connectivity index (χ3n) is 3.57. The molecule has 126 valence electrons. The number of halogens is 2. The quantitative estimate of drug-likeness (QED) is 0.443. The van der Waals surface area contributed by atoms with Gasteiger partial charge in [0.2, 0.25) is 5.88 Å². The molecule has 4 aromatic rings. The zero-order valence-corrected chi connectivity index (χ0v) is 15.1. The molecule has 0 aliphatic carbocycles. The highest BCUT2D eigenvalue weighted by atomic mass is 127. The molecule has 3 heterocycles. The number of hydrogen-bond donors (Lipinski definition) is 0. The summed E-state index contributed by atoms with van der Waals surface area (Å²) >= 11 is 2.10. The molecule has 0 N–H and O–H groups in total. The van der Waals surface area contributed by atoms with Gasteiger partial charge >= 0.3 is 0 Å². The number of aromatic nitrogens is 7. The van der Waals surface area contributed by atoms with E-state index in [9.17, 15) is 4.39 Å². The first kappa shape index (κ1) is 15.9. The van der Waals surface area contributed by atoms with Crippen LogP contribution in [-0.2, 0) is 13.7 Å². The van der Waals surface area contributed by atoms with E-state index in [0.29, 0.717) is 28.7 Å². The Kier molecular flexibility index (Phi) is 4.03. The van der Waals surface area contributed by atoms with E-state index in [0.717, 1.165) is 3.57 Å². The maximum absolute atomic E-state index is 14.1. The first-order chi connectivity index (χ1) is 12.1. The lowest BCUT2D eigenvalue weighted by atomic mass is 10.2. The monoisotopic (exact) mass is 451 g/mol. The topological polar surface area (TPSA) is 83.0 Å². The minimum atomic E-state index is -0.390. The molecule has 0 atom stereocenters. The Bertz CT molecular complexity index is 1060. The smallest absolute Gasteiger partial charge is 0.245 e. The third kappa shape index (κ3) is 2.92. The van der Waals surface area contributed by atoms with Gasteiger partial charge < -0.3 is 4.74 Å². The Balaban J connectivity index is 1.74. The first-order valence-electron chi connectivity index (χ1n) is 7.26. The van der Waals surface area contributed by atoms with Crippen LogP contribution < -0.4 is 4.74 Å². The second kappa shape index (κ2) is 6.35. The second-order valence-electron chi connectivity index (χ2n) is 5.16. The Morgan fingerprint density at radius 2 is 2.08 bits per heavy atom. The van der Waals surface area contributed by atoms with Gasteiger partial charge in [0.15, 0.2) is 17.3 Å². The SMILES string of the molecule is Cn1ncnc1COc1nn2c(-c3ccccc3F)nnc2cc1I. The van der Waals surface area contributed by atoms with E-state index in [-0.39, 0.29) is 6.61 Å². The van der Waals surface area contributed by atoms with Crippen LogP contribution in [0.4, 0.5) is 4.39 Å². The fourth-order valence-electron chi connectivity index (χ4n) is 2.29. The highest BCUT2D eigenvalue weighted by molar-refractivity contribution is 14.1. The highest BCUT2D eigenvalue weighted by Crippen LogP contribution is 2.25. The van der Waals surface area contributed by atoms with Crippen molar-refractivity contribution in [3.05, 3.63) is 51.9 Å². The number of benzene rings is 1. The van der Waals surface area contributed by atoms with Crippen LogP contribution in [0.15, 0.2) is 36.7 Å². The Hall–Kier alpha value is -2.63. The van der Waals surface area contributed by atoms with Crippen LogP contribution in [0.3, 0.4) is 0 Å². The molecule has 3 aromatic heterocycles. The Morgan fingerprint density at radius 3 is 2.84 bits per heavy atom. The van der Waals surface area contributed by atoms with Gasteiger partial charge in [0, 0.05) is 13.1 Å². The van der Waals surface area contributed by atoms with E-state index < -0.39 is 5.82 Å². The summed E-state index contributed by atoms with van der Waals surface area (Å²) in [5.41, 5.74) is 0.830. The second-order valence-corrected chi connectivity index (χ2v) is 6.32. The number of ether oxygens (including phenoxy) is 1. The molecular weight excluding hydrogens is 440 g/mol. The van der Waals surface area contributed by atoms with Crippen molar-refractivity contribution in [2.75, 3.05) is 0 Å². The van der Waals surface area contributed by atoms with E-state index in [1.807, 2.05) is 0 Å². The van der Waals surface area contributed by atoms with Crippen molar-refractivity contribution in [1.82, 2.24) is 34.6 Å². The van der Waals surface area contributed by atoms with Crippen LogP contribution in [0.1, 0.15) is 5.82 Å². The normalized spacial score (nSPS) is 11.2. The van der Waals surface area contributed by atoms with E-state index in [4.69, 9.17) is 4.74 Å². The van der Waals surface area contributed by atoms with Gasteiger partial charge in [-0.2, -0.15) is 9.61 Å². The van der Waals surface area contributed by atoms with Gasteiger partial charge in [0.25, 0.3) is 0 Å². The molecule has 1 aromatic carbocycles. The molecule has 0 aliphatic rings. The molecule has 0 amide bonds. The highest BCUT2D eigenvalue weighted by Gasteiger charge is 2.16. The molecule has 0 saturated heterocycles. The number of fused-ring (bicyclic) bond motifs is 1. The lowest BCUT2D eigenvalue weighted by molar-refractivity contribution is 0.272. The van der Waals surface area contributed by atoms with Gasteiger partial charge in [0.05, 0.1) is 9.13 Å². The average molecular weight is 451 g/mol. The minimum absolute atomic E-state index is 0.210. The molecule has 0 spiro atoms. The Morgan fingerprint density at radius 1 is 1.24 bits per heavy atom. The van der Waals surface area contributed by atoms with Crippen molar-refractivity contribution < 1.29 is 9.13 Å². The summed E-state index contributed by atoms with van der Waals surface area (Å²) in [6.45, 7) is 0.210. The van der Waals surface area contributed by atoms with Gasteiger partial charge in [-0.15, -0.1) is 15.3 Å². The van der Waals surface area contributed by atoms with Crippen LogP contribution in [-0.4, -0.2) is 34.6 Å². The predicted molar refractivity (Wildman–Crippen MR) is 94.2 cm³/mol. The molecule has 0 bridgehead atoms. The summed E-state index contributed by atoms with van der Waals surface area (Å²) in [7, 11) is 1.78. The summed E-state index contributed by atoms with van der Waals surface area (Å²) < 4.78 is 23.7. The summed E-state index contributed by atoms with van der Waals surface area (Å²) in [4.78, 5) is 4.11. The molecule has 0 saturated carbocycles. The van der Waals surface area contributed by atoms with Crippen LogP contribution in [0.25, 0.3) is 17.0 Å². The van der Waals surface area contributed by atoms with Crippen LogP contribution in [0.5, 0.6) is 5.88 Å². The third-order valence-corrected chi connectivity index (χ3v) is 4.35. The summed E-state index contributed by atoms with van der Waals surface area (Å²) in [6, 6.07) is 8.13. The summed E-state index contributed by atoms with van der Waals surface area (Å²) in [5.74, 6) is 0.969. The first-order valence-corrected chi connectivity index (χ1v) is 8.34. The zero-order valence-electron chi connectivity index (χ0n) is 13.0. The van der Waals surface area contributed by atoms with E-state index in [2.05, 4.69) is 48.0 Å². The number of aryl methyl sites for hydroxylation is 1. The zero-order chi connectivity index (χ0) is 17.4. The summed E-state index contributed by atoms with van der Waals surface area (Å²) in [5, 5.41) is 16.5. The van der Waals surface area contributed by atoms with Crippen molar-refractivity contribution >= 4 is 28.2 Å². The van der Waals surface area contributed by atoms with Crippen LogP contribution in [0, 0.1) is 9.39 Å². The molecule has 4 rings (SSSR count). The fraction of sp³-hybridized carbons (Fsp3) is 0.133. The fourth-order valence-corrected chi connectivity index (χ4v) is 2.83. The molecule has 25 heavy (non-hydrogen) atoms. The summed E-state index contributed by atoms with van der Waals surface area (Å²) in [6.07, 6.45) is 1.45. The van der Waals surface area contributed by atoms with Crippen molar-refractivity contribution in [2.24, 2.45) is 7.05 Å². The van der Waals surface area contributed by atoms with E-state index in [1.165, 1.54) is 16.9 Å². The maximum Gasteiger partial charge on any atom is 0.245 e. The van der Waals surface area contributed by atoms with Crippen molar-refractivity contribution in [1.29, 1.82) is 0 Å². The minimum Gasteiger partial charge on any atom is -0.468 e. The largest absolute Gasteiger partial charge is 0.468 e. The maximum atomic E-state index is 14.1. The lowest BCUT2D eigenvalue weighted by Crippen LogP contribution is -2.08. The predicted octanol–water partition coefficient (Wildman–Crippen LogP) is 2.24. The van der Waals surface area contributed by atoms with Gasteiger partial charge in [-0.1, -0.05) is 12.1 Å². The molecule has 0 fully saturated rings. The van der Waals surface area contributed by atoms with Crippen molar-refractivity contribution in [3.63, 3.8) is 0 Å². The molecular formula is C15H11FIN7O. The van der Waals surface area contributed by atoms with Gasteiger partial charge in [-0.3, -0.25) is 4.68 Å². The molecule has 10 heteroatoms. The lowest BCUT2D eigenvalue weighted by Gasteiger charge is -2.08. The standard InChI is InChI=1S/C15H11FIN7O/c1-23-13(18-8-19-23)7-25-15-11(17)6-12-20-21-14(24(12)22-15)9-4-2-3-5-10(9)16/h2-6,8H,7H2,1H3. The van der Waals surface area contributed by atoms with Gasteiger partial charge in [0.1, 0.15) is 18.8 Å². The van der Waals surface area contributed by atoms with Crippen LogP contribution >= 0.6 is 22.6 Å². The van der Waals surface area contributed by atoms with Gasteiger partial charge in [-0.05, 0) is 34.7 Å². The van der Waals surface area contributed by atoms with Crippen LogP contribution in [0.2, 0.25) is 0 Å². The van der Waals surface area contributed by atoms with E-state index >= 15 is 0 Å². The molecule has 0 aliphatic heterocycles. The van der Waals surface area contributed by atoms with Crippen molar-refractivity contribution in [2.45, 2.75) is 6.61 Å². The van der Waals surface area contributed by atoms with Crippen molar-refractivity contribution in [3.8, 4) is 17.3 Å². The molecule has 8 nitrogen and oxygen atoms in total. The average Bonchev–Trinajstić information content (AvgIpc) is 3.19. The van der Waals surface area contributed by atoms with E-state index in [1.54, 1.807) is 36.0 Å².